The first-order valence-corrected chi connectivity index (χ1v) is 8.07. The average Bonchev–Trinajstić information content (AvgIpc) is 3.17. The normalized spacial score (nSPS) is 25.9. The predicted molar refractivity (Wildman–Crippen MR) is 77.9 cm³/mol. The zero-order chi connectivity index (χ0) is 15.0. The minimum absolute atomic E-state index is 0.0200. The van der Waals surface area contributed by atoms with Gasteiger partial charge in [0, 0.05) is 38.1 Å². The van der Waals surface area contributed by atoms with Gasteiger partial charge < -0.3 is 10.0 Å². The van der Waals surface area contributed by atoms with Crippen LogP contribution in [0.3, 0.4) is 0 Å². The Kier molecular flexibility index (Phi) is 3.95. The lowest BCUT2D eigenvalue weighted by Crippen LogP contribution is -2.49. The Bertz CT molecular complexity index is 551. The van der Waals surface area contributed by atoms with Crippen LogP contribution in [0, 0.1) is 18.8 Å². The van der Waals surface area contributed by atoms with Crippen molar-refractivity contribution in [1.82, 2.24) is 14.8 Å². The van der Waals surface area contributed by atoms with E-state index in [-0.39, 0.29) is 11.8 Å². The number of aryl methyl sites for hydroxylation is 1. The highest BCUT2D eigenvalue weighted by molar-refractivity contribution is 7.09. The monoisotopic (exact) mass is 309 g/mol. The van der Waals surface area contributed by atoms with Gasteiger partial charge in [-0.05, 0) is 13.3 Å². The van der Waals surface area contributed by atoms with E-state index in [9.17, 15) is 9.59 Å². The van der Waals surface area contributed by atoms with Crippen molar-refractivity contribution in [3.05, 3.63) is 16.1 Å². The Balaban J connectivity index is 1.47. The summed E-state index contributed by atoms with van der Waals surface area (Å²) in [7, 11) is 0. The second-order valence-corrected chi connectivity index (χ2v) is 6.81. The van der Waals surface area contributed by atoms with Crippen LogP contribution in [0.4, 0.5) is 0 Å². The van der Waals surface area contributed by atoms with Crippen molar-refractivity contribution in [1.29, 1.82) is 0 Å². The lowest BCUT2D eigenvalue weighted by Gasteiger charge is -2.34. The van der Waals surface area contributed by atoms with E-state index < -0.39 is 11.9 Å². The molecular formula is C14H19N3O3S. The molecule has 2 heterocycles. The van der Waals surface area contributed by atoms with Crippen molar-refractivity contribution in [3.8, 4) is 0 Å². The number of aromatic nitrogens is 1. The van der Waals surface area contributed by atoms with E-state index in [0.29, 0.717) is 19.5 Å². The number of thiazole rings is 1. The maximum absolute atomic E-state index is 12.2. The number of rotatable bonds is 4. The molecule has 2 atom stereocenters. The van der Waals surface area contributed by atoms with Crippen LogP contribution in [-0.4, -0.2) is 57.9 Å². The number of hydrogen-bond donors (Lipinski definition) is 1. The fraction of sp³-hybridized carbons (Fsp3) is 0.643. The van der Waals surface area contributed by atoms with Gasteiger partial charge in [-0.2, -0.15) is 0 Å². The summed E-state index contributed by atoms with van der Waals surface area (Å²) >= 11 is 1.66. The highest BCUT2D eigenvalue weighted by Gasteiger charge is 2.49. The van der Waals surface area contributed by atoms with Crippen molar-refractivity contribution in [2.45, 2.75) is 19.9 Å². The molecule has 1 aromatic heterocycles. The van der Waals surface area contributed by atoms with Crippen LogP contribution in [0.1, 0.15) is 17.1 Å². The summed E-state index contributed by atoms with van der Waals surface area (Å²) in [4.78, 5) is 31.6. The van der Waals surface area contributed by atoms with E-state index in [1.54, 1.807) is 11.3 Å². The molecule has 0 spiro atoms. The fourth-order valence-electron chi connectivity index (χ4n) is 2.81. The van der Waals surface area contributed by atoms with E-state index >= 15 is 0 Å². The third-order valence-corrected chi connectivity index (χ3v) is 4.98. The van der Waals surface area contributed by atoms with Crippen molar-refractivity contribution < 1.29 is 14.7 Å². The minimum Gasteiger partial charge on any atom is -0.481 e. The van der Waals surface area contributed by atoms with Gasteiger partial charge in [0.05, 0.1) is 22.5 Å². The van der Waals surface area contributed by atoms with Crippen LogP contribution in [0.2, 0.25) is 0 Å². The largest absolute Gasteiger partial charge is 0.481 e. The van der Waals surface area contributed by atoms with E-state index in [1.165, 1.54) is 0 Å². The summed E-state index contributed by atoms with van der Waals surface area (Å²) in [6.45, 7) is 5.85. The molecule has 6 nitrogen and oxygen atoms in total. The number of nitrogens with zero attached hydrogens (tertiary/aromatic N) is 3. The molecule has 1 N–H and O–H groups in total. The number of carboxylic acids is 1. The van der Waals surface area contributed by atoms with Crippen LogP contribution in [-0.2, 0) is 16.1 Å². The highest BCUT2D eigenvalue weighted by atomic mass is 32.1. The summed E-state index contributed by atoms with van der Waals surface area (Å²) in [6, 6.07) is 0. The lowest BCUT2D eigenvalue weighted by atomic mass is 10.2. The van der Waals surface area contributed by atoms with Crippen molar-refractivity contribution in [3.63, 3.8) is 0 Å². The first-order valence-electron chi connectivity index (χ1n) is 7.19. The molecular weight excluding hydrogens is 290 g/mol. The summed E-state index contributed by atoms with van der Waals surface area (Å²) in [6.07, 6.45) is 0.506. The summed E-state index contributed by atoms with van der Waals surface area (Å²) < 4.78 is 0. The number of carboxylic acid groups (broad SMARTS) is 1. The van der Waals surface area contributed by atoms with Crippen molar-refractivity contribution in [2.75, 3.05) is 26.2 Å². The molecule has 2 fully saturated rings. The van der Waals surface area contributed by atoms with E-state index in [2.05, 4.69) is 15.3 Å². The average molecular weight is 309 g/mol. The van der Waals surface area contributed by atoms with Crippen LogP contribution in [0.25, 0.3) is 0 Å². The fourth-order valence-corrected chi connectivity index (χ4v) is 3.42. The molecule has 1 amide bonds. The van der Waals surface area contributed by atoms with Gasteiger partial charge in [0.1, 0.15) is 0 Å². The van der Waals surface area contributed by atoms with E-state index in [0.717, 1.165) is 30.3 Å². The van der Waals surface area contributed by atoms with Gasteiger partial charge in [0.25, 0.3) is 0 Å². The molecule has 0 aromatic carbocycles. The molecule has 1 aromatic rings. The predicted octanol–water partition coefficient (Wildman–Crippen LogP) is 0.816. The van der Waals surface area contributed by atoms with Crippen molar-refractivity contribution in [2.24, 2.45) is 11.8 Å². The second-order valence-electron chi connectivity index (χ2n) is 5.75. The van der Waals surface area contributed by atoms with Gasteiger partial charge in [-0.15, -0.1) is 11.3 Å². The van der Waals surface area contributed by atoms with Crippen molar-refractivity contribution >= 4 is 23.2 Å². The van der Waals surface area contributed by atoms with Gasteiger partial charge in [0.2, 0.25) is 5.91 Å². The molecule has 3 rings (SSSR count). The zero-order valence-electron chi connectivity index (χ0n) is 12.0. The van der Waals surface area contributed by atoms with Gasteiger partial charge in [-0.3, -0.25) is 14.5 Å². The maximum Gasteiger partial charge on any atom is 0.307 e. The highest BCUT2D eigenvalue weighted by Crippen LogP contribution is 2.40. The topological polar surface area (TPSA) is 73.7 Å². The standard InChI is InChI=1S/C14H19N3O3S/c1-9-15-10(8-21-9)7-16-2-4-17(5-3-16)13(18)11-6-12(11)14(19)20/h8,11-12H,2-7H2,1H3,(H,19,20)/t11-,12+/m1/s1. The summed E-state index contributed by atoms with van der Waals surface area (Å²) in [5.74, 6) is -1.55. The molecule has 1 saturated carbocycles. The zero-order valence-corrected chi connectivity index (χ0v) is 12.8. The first-order chi connectivity index (χ1) is 10.0. The van der Waals surface area contributed by atoms with Crippen LogP contribution < -0.4 is 0 Å². The van der Waals surface area contributed by atoms with Gasteiger partial charge in [0.15, 0.2) is 0 Å². The maximum atomic E-state index is 12.2. The van der Waals surface area contributed by atoms with E-state index in [4.69, 9.17) is 5.11 Å². The molecule has 2 aliphatic rings. The first kappa shape index (κ1) is 14.5. The Morgan fingerprint density at radius 3 is 2.57 bits per heavy atom. The number of carbonyl (C=O) groups is 2. The summed E-state index contributed by atoms with van der Waals surface area (Å²) in [5, 5.41) is 12.0. The molecule has 1 saturated heterocycles. The minimum atomic E-state index is -0.842. The SMILES string of the molecule is Cc1nc(CN2CCN(C(=O)[C@@H]3C[C@@H]3C(=O)O)CC2)cs1. The summed E-state index contributed by atoms with van der Waals surface area (Å²) in [5.41, 5.74) is 1.09. The molecule has 7 heteroatoms. The Labute approximate surface area is 127 Å². The van der Waals surface area contributed by atoms with Gasteiger partial charge >= 0.3 is 5.97 Å². The van der Waals surface area contributed by atoms with Gasteiger partial charge in [-0.1, -0.05) is 0 Å². The number of aliphatic carboxylic acids is 1. The third-order valence-electron chi connectivity index (χ3n) is 4.16. The number of hydrogen-bond acceptors (Lipinski definition) is 5. The number of carbonyl (C=O) groups excluding carboxylic acids is 1. The lowest BCUT2D eigenvalue weighted by molar-refractivity contribution is -0.142. The molecule has 0 radical (unpaired) electrons. The smallest absolute Gasteiger partial charge is 0.307 e. The Hall–Kier alpha value is -1.47. The number of amides is 1. The molecule has 1 aliphatic carbocycles. The molecule has 114 valence electrons. The Morgan fingerprint density at radius 1 is 1.33 bits per heavy atom. The molecule has 21 heavy (non-hydrogen) atoms. The second kappa shape index (κ2) is 5.73. The molecule has 0 unspecified atom stereocenters. The Morgan fingerprint density at radius 2 is 2.05 bits per heavy atom. The van der Waals surface area contributed by atoms with Crippen LogP contribution in [0.5, 0.6) is 0 Å². The quantitative estimate of drug-likeness (QED) is 0.891. The van der Waals surface area contributed by atoms with Crippen LogP contribution in [0.15, 0.2) is 5.38 Å². The third kappa shape index (κ3) is 3.24. The molecule has 1 aliphatic heterocycles. The molecule has 0 bridgehead atoms. The van der Waals surface area contributed by atoms with Crippen LogP contribution >= 0.6 is 11.3 Å². The van der Waals surface area contributed by atoms with Gasteiger partial charge in [-0.25, -0.2) is 4.98 Å². The van der Waals surface area contributed by atoms with E-state index in [1.807, 2.05) is 11.8 Å². The number of piperazine rings is 1.